The normalized spacial score (nSPS) is 12.1. The summed E-state index contributed by atoms with van der Waals surface area (Å²) in [6.45, 7) is 13.3. The van der Waals surface area contributed by atoms with Crippen molar-refractivity contribution < 1.29 is 18.6 Å². The Labute approximate surface area is 152 Å². The highest BCUT2D eigenvalue weighted by atomic mass is 31.2. The topological polar surface area (TPSA) is 48.0 Å². The summed E-state index contributed by atoms with van der Waals surface area (Å²) in [7, 11) is -1.45. The third-order valence-corrected chi connectivity index (χ3v) is 7.25. The van der Waals surface area contributed by atoms with Gasteiger partial charge in [0.15, 0.2) is 0 Å². The molecule has 0 aliphatic rings. The number of ether oxygens (including phenoxy) is 1. The Hall–Kier alpha value is -1.13. The number of esters is 1. The summed E-state index contributed by atoms with van der Waals surface area (Å²) in [6.07, 6.45) is -0.202. The van der Waals surface area contributed by atoms with E-state index in [2.05, 4.69) is 4.67 Å². The van der Waals surface area contributed by atoms with Crippen LogP contribution < -0.4 is 0 Å². The van der Waals surface area contributed by atoms with Crippen molar-refractivity contribution in [1.82, 2.24) is 4.67 Å². The van der Waals surface area contributed by atoms with Crippen molar-refractivity contribution in [2.75, 3.05) is 20.2 Å². The minimum atomic E-state index is -2.85. The molecule has 0 atom stereocenters. The highest BCUT2D eigenvalue weighted by Crippen LogP contribution is 2.58. The second-order valence-electron chi connectivity index (χ2n) is 6.17. The van der Waals surface area contributed by atoms with Crippen LogP contribution in [0.15, 0.2) is 30.3 Å². The third kappa shape index (κ3) is 5.42. The fraction of sp³-hybridized carbons (Fsp3) is 0.579. The second-order valence-corrected chi connectivity index (χ2v) is 8.65. The summed E-state index contributed by atoms with van der Waals surface area (Å²) in [4.78, 5) is 12.8. The molecule has 0 bridgehead atoms. The average Bonchev–Trinajstić information content (AvgIpc) is 2.55. The van der Waals surface area contributed by atoms with Crippen molar-refractivity contribution in [1.29, 1.82) is 0 Å². The minimum absolute atomic E-state index is 0.101. The SMILES string of the molecule is CCN(CC)P(OC(C)C)(OC(C)C)=C(C(=O)OC)c1ccccc1. The molecule has 142 valence electrons. The van der Waals surface area contributed by atoms with Crippen molar-refractivity contribution in [2.24, 2.45) is 0 Å². The first kappa shape index (κ1) is 21.9. The lowest BCUT2D eigenvalue weighted by Gasteiger charge is -2.40. The van der Waals surface area contributed by atoms with Crippen molar-refractivity contribution in [3.05, 3.63) is 35.9 Å². The molecule has 1 aromatic carbocycles. The average molecular weight is 369 g/mol. The molecule has 0 saturated heterocycles. The molecule has 6 heteroatoms. The first-order chi connectivity index (χ1) is 11.8. The molecule has 0 saturated carbocycles. The fourth-order valence-corrected chi connectivity index (χ4v) is 6.16. The Kier molecular flexibility index (Phi) is 8.87. The molecule has 5 nitrogen and oxygen atoms in total. The number of carbonyl (C=O) groups excluding carboxylic acids is 1. The van der Waals surface area contributed by atoms with Crippen LogP contribution in [0.25, 0.3) is 0 Å². The summed E-state index contributed by atoms with van der Waals surface area (Å²) < 4.78 is 20.1. The van der Waals surface area contributed by atoms with Crippen LogP contribution in [0.2, 0.25) is 0 Å². The van der Waals surface area contributed by atoms with E-state index in [0.717, 1.165) is 5.56 Å². The quantitative estimate of drug-likeness (QED) is 0.479. The van der Waals surface area contributed by atoms with Gasteiger partial charge in [0.1, 0.15) is 5.29 Å². The molecule has 0 radical (unpaired) electrons. The van der Waals surface area contributed by atoms with E-state index in [9.17, 15) is 4.79 Å². The van der Waals surface area contributed by atoms with E-state index in [1.807, 2.05) is 71.9 Å². The zero-order chi connectivity index (χ0) is 19.0. The van der Waals surface area contributed by atoms with Crippen LogP contribution in [0.5, 0.6) is 0 Å². The molecule has 0 fully saturated rings. The number of hydrogen-bond acceptors (Lipinski definition) is 5. The molecule has 0 unspecified atom stereocenters. The van der Waals surface area contributed by atoms with E-state index in [4.69, 9.17) is 13.8 Å². The zero-order valence-corrected chi connectivity index (χ0v) is 17.4. The first-order valence-corrected chi connectivity index (χ1v) is 10.4. The highest BCUT2D eigenvalue weighted by molar-refractivity contribution is 7.67. The van der Waals surface area contributed by atoms with E-state index in [1.165, 1.54) is 7.11 Å². The second kappa shape index (κ2) is 10.1. The largest absolute Gasteiger partial charge is 0.465 e. The Morgan fingerprint density at radius 3 is 1.84 bits per heavy atom. The van der Waals surface area contributed by atoms with Crippen LogP contribution in [0, 0.1) is 0 Å². The standard InChI is InChI=1S/C19H32NO4P/c1-8-20(9-2)25(23-15(3)4,24-16(5)6)18(19(21)22-7)17-13-11-10-12-14-17/h10-16H,8-9H2,1-7H3. The zero-order valence-electron chi connectivity index (χ0n) is 16.5. The van der Waals surface area contributed by atoms with Crippen molar-refractivity contribution in [2.45, 2.75) is 53.8 Å². The number of nitrogens with zero attached hydrogens (tertiary/aromatic N) is 1. The van der Waals surface area contributed by atoms with Crippen LogP contribution >= 0.6 is 7.49 Å². The molecule has 25 heavy (non-hydrogen) atoms. The molecule has 0 aliphatic heterocycles. The van der Waals surface area contributed by atoms with Crippen LogP contribution in [0.1, 0.15) is 47.1 Å². The Bertz CT molecular complexity index is 581. The lowest BCUT2D eigenvalue weighted by molar-refractivity contribution is -0.132. The fourth-order valence-electron chi connectivity index (χ4n) is 2.66. The minimum Gasteiger partial charge on any atom is -0.465 e. The molecule has 0 N–H and O–H groups in total. The van der Waals surface area contributed by atoms with Crippen LogP contribution in [0.3, 0.4) is 0 Å². The first-order valence-electron chi connectivity index (χ1n) is 8.84. The number of rotatable bonds is 9. The Balaban J connectivity index is 3.91. The maximum absolute atomic E-state index is 12.8. The lowest BCUT2D eigenvalue weighted by Crippen LogP contribution is -2.33. The van der Waals surface area contributed by atoms with Gasteiger partial charge in [-0.3, -0.25) is 0 Å². The predicted octanol–water partition coefficient (Wildman–Crippen LogP) is 4.33. The smallest absolute Gasteiger partial charge is 0.344 e. The Morgan fingerprint density at radius 1 is 1.00 bits per heavy atom. The van der Waals surface area contributed by atoms with Crippen LogP contribution in [-0.4, -0.2) is 48.3 Å². The van der Waals surface area contributed by atoms with Gasteiger partial charge in [-0.05, 0) is 33.3 Å². The molecule has 0 spiro atoms. The summed E-state index contributed by atoms with van der Waals surface area (Å²) in [5.74, 6) is -0.410. The van der Waals surface area contributed by atoms with Gasteiger partial charge < -0.3 is 13.8 Å². The summed E-state index contributed by atoms with van der Waals surface area (Å²) in [6, 6.07) is 9.53. The van der Waals surface area contributed by atoms with Gasteiger partial charge in [-0.1, -0.05) is 44.2 Å². The van der Waals surface area contributed by atoms with Gasteiger partial charge in [0.2, 0.25) is 7.49 Å². The molecule has 1 rings (SSSR count). The van der Waals surface area contributed by atoms with Gasteiger partial charge >= 0.3 is 5.97 Å². The molecule has 0 aromatic heterocycles. The third-order valence-electron chi connectivity index (χ3n) is 3.52. The van der Waals surface area contributed by atoms with E-state index in [1.54, 1.807) is 0 Å². The van der Waals surface area contributed by atoms with Gasteiger partial charge in [-0.15, -0.1) is 0 Å². The maximum atomic E-state index is 12.8. The number of hydrogen-bond donors (Lipinski definition) is 0. The number of methoxy groups -OCH3 is 1. The van der Waals surface area contributed by atoms with Crippen molar-refractivity contribution >= 4 is 18.8 Å². The van der Waals surface area contributed by atoms with E-state index in [-0.39, 0.29) is 12.2 Å². The highest BCUT2D eigenvalue weighted by Gasteiger charge is 2.38. The molecular weight excluding hydrogens is 337 g/mol. The molecule has 1 aromatic rings. The van der Waals surface area contributed by atoms with E-state index < -0.39 is 13.5 Å². The van der Waals surface area contributed by atoms with Crippen molar-refractivity contribution in [3.63, 3.8) is 0 Å². The number of benzene rings is 1. The Morgan fingerprint density at radius 2 is 1.48 bits per heavy atom. The van der Waals surface area contributed by atoms with Gasteiger partial charge in [0, 0.05) is 13.1 Å². The monoisotopic (exact) mass is 369 g/mol. The van der Waals surface area contributed by atoms with Gasteiger partial charge in [-0.25, -0.2) is 9.46 Å². The summed E-state index contributed by atoms with van der Waals surface area (Å²) in [5.41, 5.74) is 0.774. The van der Waals surface area contributed by atoms with Gasteiger partial charge in [-0.2, -0.15) is 0 Å². The van der Waals surface area contributed by atoms with E-state index in [0.29, 0.717) is 18.4 Å². The van der Waals surface area contributed by atoms with Gasteiger partial charge in [0.05, 0.1) is 19.3 Å². The van der Waals surface area contributed by atoms with Crippen LogP contribution in [0.4, 0.5) is 0 Å². The molecule has 0 aliphatic carbocycles. The number of carbonyl (C=O) groups is 1. The van der Waals surface area contributed by atoms with Crippen molar-refractivity contribution in [3.8, 4) is 0 Å². The molecule has 0 amide bonds. The molecule has 0 heterocycles. The predicted molar refractivity (Wildman–Crippen MR) is 105 cm³/mol. The summed E-state index contributed by atoms with van der Waals surface area (Å²) in [5, 5.41) is 0.474. The van der Waals surface area contributed by atoms with E-state index >= 15 is 0 Å². The van der Waals surface area contributed by atoms with Crippen LogP contribution in [-0.2, 0) is 18.6 Å². The maximum Gasteiger partial charge on any atom is 0.344 e. The summed E-state index contributed by atoms with van der Waals surface area (Å²) >= 11 is 0. The molecular formula is C19H32NO4P. The van der Waals surface area contributed by atoms with Gasteiger partial charge in [0.25, 0.3) is 0 Å². The lowest BCUT2D eigenvalue weighted by atomic mass is 10.1.